The Morgan fingerprint density at radius 3 is 2.35 bits per heavy atom. The maximum atomic E-state index is 13.0. The van der Waals surface area contributed by atoms with Gasteiger partial charge in [0.05, 0.1) is 24.5 Å². The fraction of sp³-hybridized carbons (Fsp3) is 0.619. The fourth-order valence-electron chi connectivity index (χ4n) is 4.04. The third-order valence-electron chi connectivity index (χ3n) is 5.32. The van der Waals surface area contributed by atoms with Crippen LogP contribution in [0.1, 0.15) is 44.8 Å². The van der Waals surface area contributed by atoms with Crippen LogP contribution in [0.25, 0.3) is 0 Å². The monoisotopic (exact) mass is 376 g/mol. The van der Waals surface area contributed by atoms with E-state index in [2.05, 4.69) is 19.6 Å². The van der Waals surface area contributed by atoms with Crippen molar-refractivity contribution in [2.45, 2.75) is 58.9 Å². The van der Waals surface area contributed by atoms with Crippen LogP contribution in [0.5, 0.6) is 0 Å². The van der Waals surface area contributed by atoms with Crippen molar-refractivity contribution in [1.29, 1.82) is 0 Å². The van der Waals surface area contributed by atoms with Gasteiger partial charge in [0.15, 0.2) is 8.32 Å². The third kappa shape index (κ3) is 4.63. The molecule has 0 heterocycles. The van der Waals surface area contributed by atoms with Crippen molar-refractivity contribution in [2.75, 3.05) is 7.11 Å². The second kappa shape index (κ2) is 8.05. The van der Waals surface area contributed by atoms with Gasteiger partial charge in [0.2, 0.25) is 0 Å². The van der Waals surface area contributed by atoms with Gasteiger partial charge in [0.1, 0.15) is 5.78 Å². The lowest BCUT2D eigenvalue weighted by atomic mass is 9.62. The van der Waals surface area contributed by atoms with Gasteiger partial charge in [0, 0.05) is 6.42 Å². The van der Waals surface area contributed by atoms with Crippen molar-refractivity contribution in [3.05, 3.63) is 35.9 Å². The lowest BCUT2D eigenvalue weighted by molar-refractivity contribution is -0.159. The van der Waals surface area contributed by atoms with Crippen molar-refractivity contribution in [3.63, 3.8) is 0 Å². The standard InChI is InChI=1S/C21H32O4Si/c1-21(2,20(23)24-3)16-13-10-14-17(22)18(16)19(25-26(4,5)6)15-11-8-7-9-12-15/h7-9,11-12,16,18-19H,10,13-14H2,1-6H3/t16-,18?,19?/m0/s1. The Bertz CT molecular complexity index is 633. The molecule has 2 rings (SSSR count). The lowest BCUT2D eigenvalue weighted by Crippen LogP contribution is -2.47. The second-order valence-corrected chi connectivity index (χ2v) is 13.2. The molecule has 0 bridgehead atoms. The highest BCUT2D eigenvalue weighted by atomic mass is 28.4. The maximum absolute atomic E-state index is 13.0. The van der Waals surface area contributed by atoms with E-state index in [4.69, 9.17) is 9.16 Å². The average Bonchev–Trinajstić information content (AvgIpc) is 2.59. The van der Waals surface area contributed by atoms with Gasteiger partial charge in [-0.05, 0) is 57.8 Å². The summed E-state index contributed by atoms with van der Waals surface area (Å²) in [6.07, 6.45) is 1.88. The Labute approximate surface area is 158 Å². The number of benzene rings is 1. The predicted molar refractivity (Wildman–Crippen MR) is 105 cm³/mol. The van der Waals surface area contributed by atoms with Gasteiger partial charge in [-0.3, -0.25) is 9.59 Å². The molecule has 2 unspecified atom stereocenters. The summed E-state index contributed by atoms with van der Waals surface area (Å²) in [4.78, 5) is 25.5. The van der Waals surface area contributed by atoms with Gasteiger partial charge in [-0.1, -0.05) is 30.3 Å². The van der Waals surface area contributed by atoms with Gasteiger partial charge >= 0.3 is 5.97 Å². The quantitative estimate of drug-likeness (QED) is 0.530. The summed E-state index contributed by atoms with van der Waals surface area (Å²) in [5.74, 6) is -0.489. The zero-order chi connectivity index (χ0) is 19.5. The number of hydrogen-bond donors (Lipinski definition) is 0. The fourth-order valence-corrected chi connectivity index (χ4v) is 5.09. The van der Waals surface area contributed by atoms with Crippen LogP contribution >= 0.6 is 0 Å². The van der Waals surface area contributed by atoms with Gasteiger partial charge in [-0.25, -0.2) is 0 Å². The van der Waals surface area contributed by atoms with E-state index in [1.807, 2.05) is 44.2 Å². The molecule has 0 spiro atoms. The molecular formula is C21H32O4Si. The number of carbonyl (C=O) groups excluding carboxylic acids is 2. The lowest BCUT2D eigenvalue weighted by Gasteiger charge is -2.44. The molecule has 0 N–H and O–H groups in total. The summed E-state index contributed by atoms with van der Waals surface area (Å²) in [5.41, 5.74) is 0.284. The Hall–Kier alpha value is -1.46. The molecular weight excluding hydrogens is 344 g/mol. The van der Waals surface area contributed by atoms with Crippen LogP contribution in [-0.2, 0) is 18.8 Å². The van der Waals surface area contributed by atoms with Gasteiger partial charge in [-0.15, -0.1) is 0 Å². The highest BCUT2D eigenvalue weighted by Crippen LogP contribution is 2.48. The topological polar surface area (TPSA) is 52.6 Å². The van der Waals surface area contributed by atoms with Crippen LogP contribution in [0, 0.1) is 17.3 Å². The van der Waals surface area contributed by atoms with Crippen molar-refractivity contribution in [1.82, 2.24) is 0 Å². The van der Waals surface area contributed by atoms with E-state index in [9.17, 15) is 9.59 Å². The summed E-state index contributed by atoms with van der Waals surface area (Å²) < 4.78 is 11.6. The maximum Gasteiger partial charge on any atom is 0.311 e. The molecule has 1 fully saturated rings. The van der Waals surface area contributed by atoms with Crippen LogP contribution in [0.4, 0.5) is 0 Å². The van der Waals surface area contributed by atoms with E-state index in [1.54, 1.807) is 0 Å². The van der Waals surface area contributed by atoms with Crippen LogP contribution in [-0.4, -0.2) is 27.2 Å². The molecule has 3 atom stereocenters. The molecule has 0 aromatic heterocycles. The second-order valence-electron chi connectivity index (χ2n) is 8.77. The Morgan fingerprint density at radius 1 is 1.19 bits per heavy atom. The zero-order valence-corrected chi connectivity index (χ0v) is 17.9. The normalized spacial score (nSPS) is 22.8. The average molecular weight is 377 g/mol. The first-order valence-corrected chi connectivity index (χ1v) is 12.8. The Balaban J connectivity index is 2.50. The van der Waals surface area contributed by atoms with E-state index in [0.717, 1.165) is 18.4 Å². The minimum atomic E-state index is -1.91. The molecule has 0 saturated heterocycles. The summed E-state index contributed by atoms with van der Waals surface area (Å²) in [7, 11) is -0.496. The molecule has 1 aromatic carbocycles. The van der Waals surface area contributed by atoms with Crippen molar-refractivity contribution >= 4 is 20.1 Å². The van der Waals surface area contributed by atoms with Crippen molar-refractivity contribution in [3.8, 4) is 0 Å². The van der Waals surface area contributed by atoms with Gasteiger partial charge in [0.25, 0.3) is 0 Å². The zero-order valence-electron chi connectivity index (χ0n) is 16.9. The van der Waals surface area contributed by atoms with Crippen LogP contribution < -0.4 is 0 Å². The number of carbonyl (C=O) groups is 2. The first kappa shape index (κ1) is 20.8. The smallest absolute Gasteiger partial charge is 0.311 e. The molecule has 0 radical (unpaired) electrons. The van der Waals surface area contributed by atoms with E-state index in [0.29, 0.717) is 6.42 Å². The molecule has 1 aliphatic rings. The van der Waals surface area contributed by atoms with Crippen molar-refractivity contribution < 1.29 is 18.8 Å². The highest BCUT2D eigenvalue weighted by molar-refractivity contribution is 6.69. The number of ether oxygens (including phenoxy) is 1. The van der Waals surface area contributed by atoms with Crippen LogP contribution in [0.15, 0.2) is 30.3 Å². The molecule has 1 aliphatic carbocycles. The summed E-state index contributed by atoms with van der Waals surface area (Å²) in [6.45, 7) is 10.2. The van der Waals surface area contributed by atoms with Crippen molar-refractivity contribution in [2.24, 2.45) is 17.3 Å². The minimum absolute atomic E-state index is 0.0993. The number of ketones is 1. The van der Waals surface area contributed by atoms with Gasteiger partial charge < -0.3 is 9.16 Å². The molecule has 4 nitrogen and oxygen atoms in total. The number of hydrogen-bond acceptors (Lipinski definition) is 4. The SMILES string of the molecule is COC(=O)C(C)(C)[C@H]1CCCC(=O)C1C(O[Si](C)(C)C)c1ccccc1. The van der Waals surface area contributed by atoms with E-state index < -0.39 is 13.7 Å². The Kier molecular flexibility index (Phi) is 6.45. The van der Waals surface area contributed by atoms with E-state index in [1.165, 1.54) is 7.11 Å². The number of Topliss-reactive ketones (excluding diaryl/α,β-unsaturated/α-hetero) is 1. The molecule has 0 aliphatic heterocycles. The highest BCUT2D eigenvalue weighted by Gasteiger charge is 2.50. The molecule has 0 amide bonds. The Morgan fingerprint density at radius 2 is 1.81 bits per heavy atom. The molecule has 26 heavy (non-hydrogen) atoms. The van der Waals surface area contributed by atoms with E-state index in [-0.39, 0.29) is 29.7 Å². The van der Waals surface area contributed by atoms with Crippen LogP contribution in [0.2, 0.25) is 19.6 Å². The number of rotatable bonds is 6. The number of esters is 1. The summed E-state index contributed by atoms with van der Waals surface area (Å²) in [6, 6.07) is 9.96. The summed E-state index contributed by atoms with van der Waals surface area (Å²) >= 11 is 0. The largest absolute Gasteiger partial charge is 0.469 e. The number of methoxy groups -OCH3 is 1. The predicted octanol–water partition coefficient (Wildman–Crippen LogP) is 4.76. The first-order chi connectivity index (χ1) is 12.1. The molecule has 1 aromatic rings. The molecule has 144 valence electrons. The molecule has 5 heteroatoms. The molecule has 1 saturated carbocycles. The minimum Gasteiger partial charge on any atom is -0.469 e. The third-order valence-corrected chi connectivity index (χ3v) is 6.28. The summed E-state index contributed by atoms with van der Waals surface area (Å²) in [5, 5.41) is 0. The first-order valence-electron chi connectivity index (χ1n) is 9.42. The van der Waals surface area contributed by atoms with Crippen LogP contribution in [0.3, 0.4) is 0 Å². The van der Waals surface area contributed by atoms with Gasteiger partial charge in [-0.2, -0.15) is 0 Å². The van der Waals surface area contributed by atoms with E-state index >= 15 is 0 Å².